The summed E-state index contributed by atoms with van der Waals surface area (Å²) in [5, 5.41) is 2.86. The van der Waals surface area contributed by atoms with E-state index >= 15 is 0 Å². The second-order valence-corrected chi connectivity index (χ2v) is 7.49. The van der Waals surface area contributed by atoms with Crippen LogP contribution in [0, 0.1) is 17.6 Å². The predicted octanol–water partition coefficient (Wildman–Crippen LogP) is 4.64. The number of piperidine rings is 1. The van der Waals surface area contributed by atoms with Gasteiger partial charge in [-0.25, -0.2) is 8.78 Å². The molecule has 0 unspecified atom stereocenters. The Labute approximate surface area is 183 Å². The third-order valence-electron chi connectivity index (χ3n) is 5.25. The van der Waals surface area contributed by atoms with Gasteiger partial charge < -0.3 is 15.0 Å². The molecule has 6 nitrogen and oxygen atoms in total. The molecule has 1 aliphatic rings. The number of likely N-dealkylation sites (tertiary alicyclic amines) is 1. The maximum atomic E-state index is 14.0. The van der Waals surface area contributed by atoms with Crippen molar-refractivity contribution < 1.29 is 23.1 Å². The van der Waals surface area contributed by atoms with Gasteiger partial charge in [-0.15, -0.1) is 0 Å². The van der Waals surface area contributed by atoms with E-state index in [0.717, 1.165) is 18.2 Å². The van der Waals surface area contributed by atoms with Crippen LogP contribution in [-0.4, -0.2) is 34.8 Å². The molecule has 0 bridgehead atoms. The number of rotatable bonds is 5. The molecule has 1 aromatic heterocycles. The number of carbonyl (C=O) groups excluding carboxylic acids is 2. The van der Waals surface area contributed by atoms with E-state index in [4.69, 9.17) is 4.74 Å². The Morgan fingerprint density at radius 3 is 2.75 bits per heavy atom. The summed E-state index contributed by atoms with van der Waals surface area (Å²) in [4.78, 5) is 31.1. The first kappa shape index (κ1) is 21.4. The second kappa shape index (κ2) is 9.55. The van der Waals surface area contributed by atoms with Gasteiger partial charge in [0.1, 0.15) is 17.4 Å². The summed E-state index contributed by atoms with van der Waals surface area (Å²) in [7, 11) is 0. The van der Waals surface area contributed by atoms with Crippen molar-refractivity contribution in [1.29, 1.82) is 0 Å². The summed E-state index contributed by atoms with van der Waals surface area (Å²) >= 11 is 0. The molecule has 0 spiro atoms. The molecule has 1 aliphatic heterocycles. The Kier molecular flexibility index (Phi) is 6.39. The topological polar surface area (TPSA) is 71.5 Å². The Balaban J connectivity index is 1.45. The number of hydrogen-bond acceptors (Lipinski definition) is 4. The number of para-hydroxylation sites is 2. The van der Waals surface area contributed by atoms with Crippen LogP contribution in [0.2, 0.25) is 0 Å². The molecule has 0 saturated carbocycles. The van der Waals surface area contributed by atoms with Crippen molar-refractivity contribution in [2.45, 2.75) is 12.8 Å². The molecule has 164 valence electrons. The minimum absolute atomic E-state index is 0.117. The third-order valence-corrected chi connectivity index (χ3v) is 5.25. The largest absolute Gasteiger partial charge is 0.454 e. The van der Waals surface area contributed by atoms with E-state index in [9.17, 15) is 18.4 Å². The number of nitrogens with one attached hydrogen (secondary N) is 1. The molecule has 1 saturated heterocycles. The number of ether oxygens (including phenoxy) is 1. The first-order valence-corrected chi connectivity index (χ1v) is 10.2. The minimum atomic E-state index is -0.788. The number of anilines is 1. The molecule has 32 heavy (non-hydrogen) atoms. The highest BCUT2D eigenvalue weighted by atomic mass is 19.1. The zero-order valence-electron chi connectivity index (χ0n) is 17.1. The Morgan fingerprint density at radius 1 is 1.09 bits per heavy atom. The summed E-state index contributed by atoms with van der Waals surface area (Å²) in [6.45, 7) is 0.492. The Morgan fingerprint density at radius 2 is 1.94 bits per heavy atom. The van der Waals surface area contributed by atoms with Gasteiger partial charge in [0.25, 0.3) is 5.91 Å². The van der Waals surface area contributed by atoms with Crippen LogP contribution in [0.4, 0.5) is 14.5 Å². The van der Waals surface area contributed by atoms with Crippen LogP contribution in [0.3, 0.4) is 0 Å². The highest BCUT2D eigenvalue weighted by molar-refractivity contribution is 5.97. The van der Waals surface area contributed by atoms with Crippen molar-refractivity contribution in [2.75, 3.05) is 18.4 Å². The van der Waals surface area contributed by atoms with E-state index in [1.807, 2.05) is 0 Å². The number of carbonyl (C=O) groups is 2. The van der Waals surface area contributed by atoms with Crippen LogP contribution in [0.15, 0.2) is 67.0 Å². The average molecular weight is 437 g/mol. The Bertz CT molecular complexity index is 1120. The van der Waals surface area contributed by atoms with Gasteiger partial charge in [0.2, 0.25) is 5.91 Å². The molecule has 1 N–H and O–H groups in total. The van der Waals surface area contributed by atoms with Crippen molar-refractivity contribution in [3.05, 3.63) is 84.2 Å². The van der Waals surface area contributed by atoms with Crippen LogP contribution in [0.5, 0.6) is 11.5 Å². The van der Waals surface area contributed by atoms with Crippen LogP contribution in [0.25, 0.3) is 0 Å². The summed E-state index contributed by atoms with van der Waals surface area (Å²) < 4.78 is 33.3. The molecule has 0 aliphatic carbocycles. The van der Waals surface area contributed by atoms with Crippen molar-refractivity contribution >= 4 is 17.5 Å². The summed E-state index contributed by atoms with van der Waals surface area (Å²) in [5.41, 5.74) is 0.155. The van der Waals surface area contributed by atoms with Crippen LogP contribution in [0.1, 0.15) is 23.2 Å². The molecule has 2 heterocycles. The van der Waals surface area contributed by atoms with Gasteiger partial charge in [-0.3, -0.25) is 14.6 Å². The SMILES string of the molecule is O=C(Nc1ccccc1Oc1cccnc1)[C@@H]1CCCN(C(=O)c2cc(F)ccc2F)C1. The van der Waals surface area contributed by atoms with Gasteiger partial charge in [-0.05, 0) is 55.3 Å². The van der Waals surface area contributed by atoms with E-state index < -0.39 is 23.5 Å². The molecular formula is C24H21F2N3O3. The lowest BCUT2D eigenvalue weighted by Gasteiger charge is -2.32. The highest BCUT2D eigenvalue weighted by Crippen LogP contribution is 2.30. The minimum Gasteiger partial charge on any atom is -0.454 e. The second-order valence-electron chi connectivity index (χ2n) is 7.49. The summed E-state index contributed by atoms with van der Waals surface area (Å²) in [6.07, 6.45) is 4.35. The van der Waals surface area contributed by atoms with Gasteiger partial charge >= 0.3 is 0 Å². The van der Waals surface area contributed by atoms with Gasteiger partial charge in [0.05, 0.1) is 23.4 Å². The Hall–Kier alpha value is -3.81. The maximum Gasteiger partial charge on any atom is 0.256 e. The van der Waals surface area contributed by atoms with Crippen LogP contribution >= 0.6 is 0 Å². The number of nitrogens with zero attached hydrogens (tertiary/aromatic N) is 2. The number of aromatic nitrogens is 1. The number of amides is 2. The van der Waals surface area contributed by atoms with Gasteiger partial charge in [-0.1, -0.05) is 12.1 Å². The normalized spacial score (nSPS) is 15.8. The number of pyridine rings is 1. The van der Waals surface area contributed by atoms with Gasteiger partial charge in [0, 0.05) is 19.3 Å². The standard InChI is InChI=1S/C24H21F2N3O3/c25-17-9-10-20(26)19(13-17)24(31)29-12-4-5-16(15-29)23(30)28-21-7-1-2-8-22(21)32-18-6-3-11-27-14-18/h1-3,6-11,13-14,16H,4-5,12,15H2,(H,28,30)/t16-/m1/s1. The monoisotopic (exact) mass is 437 g/mol. The van der Waals surface area contributed by atoms with Crippen molar-refractivity contribution in [1.82, 2.24) is 9.88 Å². The highest BCUT2D eigenvalue weighted by Gasteiger charge is 2.30. The lowest BCUT2D eigenvalue weighted by molar-refractivity contribution is -0.121. The zero-order chi connectivity index (χ0) is 22.5. The fourth-order valence-electron chi connectivity index (χ4n) is 3.64. The van der Waals surface area contributed by atoms with Gasteiger partial charge in [-0.2, -0.15) is 0 Å². The molecule has 1 atom stereocenters. The molecule has 1 fully saturated rings. The summed E-state index contributed by atoms with van der Waals surface area (Å²) in [6, 6.07) is 13.3. The van der Waals surface area contributed by atoms with Crippen molar-refractivity contribution in [3.63, 3.8) is 0 Å². The molecule has 2 aromatic carbocycles. The van der Waals surface area contributed by atoms with Crippen LogP contribution in [-0.2, 0) is 4.79 Å². The molecule has 0 radical (unpaired) electrons. The van der Waals surface area contributed by atoms with Crippen LogP contribution < -0.4 is 10.1 Å². The molecule has 8 heteroatoms. The van der Waals surface area contributed by atoms with E-state index in [-0.39, 0.29) is 18.0 Å². The van der Waals surface area contributed by atoms with E-state index in [0.29, 0.717) is 36.6 Å². The van der Waals surface area contributed by atoms with E-state index in [1.54, 1.807) is 48.8 Å². The first-order valence-electron chi connectivity index (χ1n) is 10.2. The fraction of sp³-hybridized carbons (Fsp3) is 0.208. The smallest absolute Gasteiger partial charge is 0.256 e. The quantitative estimate of drug-likeness (QED) is 0.631. The van der Waals surface area contributed by atoms with Crippen molar-refractivity contribution in [3.8, 4) is 11.5 Å². The molecule has 3 aromatic rings. The predicted molar refractivity (Wildman–Crippen MR) is 114 cm³/mol. The average Bonchev–Trinajstić information content (AvgIpc) is 2.82. The first-order chi connectivity index (χ1) is 15.5. The number of hydrogen-bond donors (Lipinski definition) is 1. The number of benzene rings is 2. The fourth-order valence-corrected chi connectivity index (χ4v) is 3.64. The number of halogens is 2. The van der Waals surface area contributed by atoms with E-state index in [2.05, 4.69) is 10.3 Å². The lowest BCUT2D eigenvalue weighted by atomic mass is 9.96. The van der Waals surface area contributed by atoms with E-state index in [1.165, 1.54) is 4.90 Å². The molecular weight excluding hydrogens is 416 g/mol. The zero-order valence-corrected chi connectivity index (χ0v) is 17.1. The third kappa shape index (κ3) is 4.91. The molecule has 2 amide bonds. The van der Waals surface area contributed by atoms with Gasteiger partial charge in [0.15, 0.2) is 5.75 Å². The lowest BCUT2D eigenvalue weighted by Crippen LogP contribution is -2.44. The maximum absolute atomic E-state index is 14.0. The molecule has 4 rings (SSSR count). The summed E-state index contributed by atoms with van der Waals surface area (Å²) in [5.74, 6) is -1.88. The van der Waals surface area contributed by atoms with Crippen molar-refractivity contribution in [2.24, 2.45) is 5.92 Å².